The van der Waals surface area contributed by atoms with Crippen LogP contribution in [-0.4, -0.2) is 37.1 Å². The molecule has 1 unspecified atom stereocenters. The molecule has 2 fully saturated rings. The van der Waals surface area contributed by atoms with Crippen LogP contribution in [0.4, 0.5) is 0 Å². The summed E-state index contributed by atoms with van der Waals surface area (Å²) >= 11 is 0. The number of likely N-dealkylation sites (tertiary alicyclic amines) is 1. The van der Waals surface area contributed by atoms with Gasteiger partial charge in [-0.15, -0.1) is 0 Å². The minimum absolute atomic E-state index is 0.0170. The van der Waals surface area contributed by atoms with Gasteiger partial charge in [0.1, 0.15) is 6.04 Å². The van der Waals surface area contributed by atoms with Crippen LogP contribution in [0.5, 0.6) is 0 Å². The van der Waals surface area contributed by atoms with Gasteiger partial charge in [-0.2, -0.15) is 0 Å². The molecule has 1 aliphatic heterocycles. The minimum atomic E-state index is -0.0170. The number of ether oxygens (including phenoxy) is 1. The third-order valence-corrected chi connectivity index (χ3v) is 3.57. The zero-order chi connectivity index (χ0) is 9.97. The van der Waals surface area contributed by atoms with E-state index in [1.807, 2.05) is 0 Å². The Labute approximate surface area is 85.4 Å². The molecule has 1 atom stereocenters. The van der Waals surface area contributed by atoms with E-state index in [-0.39, 0.29) is 12.0 Å². The van der Waals surface area contributed by atoms with Crippen molar-refractivity contribution in [1.29, 1.82) is 0 Å². The first-order valence-electron chi connectivity index (χ1n) is 5.65. The van der Waals surface area contributed by atoms with E-state index >= 15 is 0 Å². The van der Waals surface area contributed by atoms with Crippen LogP contribution >= 0.6 is 0 Å². The fourth-order valence-electron chi connectivity index (χ4n) is 2.54. The molecule has 2 rings (SSSR count). The van der Waals surface area contributed by atoms with Crippen molar-refractivity contribution in [2.45, 2.75) is 38.1 Å². The van der Waals surface area contributed by atoms with E-state index in [9.17, 15) is 4.79 Å². The normalized spacial score (nSPS) is 25.8. The molecule has 0 amide bonds. The molecule has 1 saturated heterocycles. The molecule has 0 aromatic carbocycles. The Kier molecular flexibility index (Phi) is 3.06. The highest BCUT2D eigenvalue weighted by Gasteiger charge is 2.38. The number of carbonyl (C=O) groups excluding carboxylic acids is 1. The van der Waals surface area contributed by atoms with Crippen molar-refractivity contribution >= 4 is 5.97 Å². The van der Waals surface area contributed by atoms with Crippen LogP contribution in [0.15, 0.2) is 0 Å². The number of nitrogens with zero attached hydrogens (tertiary/aromatic N) is 1. The molecule has 2 aliphatic rings. The smallest absolute Gasteiger partial charge is 0.323 e. The van der Waals surface area contributed by atoms with Crippen LogP contribution in [0.3, 0.4) is 0 Å². The number of methoxy groups -OCH3 is 1. The Morgan fingerprint density at radius 1 is 1.29 bits per heavy atom. The standard InChI is InChI=1S/C11H19NO2/c1-14-11(13)10(9-5-4-6-9)12-7-2-3-8-12/h9-10H,2-8H2,1H3. The first kappa shape index (κ1) is 9.97. The Morgan fingerprint density at radius 3 is 2.36 bits per heavy atom. The number of hydrogen-bond donors (Lipinski definition) is 0. The molecule has 3 nitrogen and oxygen atoms in total. The summed E-state index contributed by atoms with van der Waals surface area (Å²) in [5, 5.41) is 0. The first-order chi connectivity index (χ1) is 6.83. The molecule has 0 aromatic rings. The summed E-state index contributed by atoms with van der Waals surface area (Å²) in [5.74, 6) is 0.553. The van der Waals surface area contributed by atoms with Crippen molar-refractivity contribution < 1.29 is 9.53 Å². The monoisotopic (exact) mass is 197 g/mol. The molecule has 1 saturated carbocycles. The first-order valence-corrected chi connectivity index (χ1v) is 5.65. The fraction of sp³-hybridized carbons (Fsp3) is 0.909. The molecule has 0 spiro atoms. The molecule has 14 heavy (non-hydrogen) atoms. The zero-order valence-electron chi connectivity index (χ0n) is 8.87. The van der Waals surface area contributed by atoms with Crippen LogP contribution < -0.4 is 0 Å². The van der Waals surface area contributed by atoms with Crippen LogP contribution in [0, 0.1) is 5.92 Å². The zero-order valence-corrected chi connectivity index (χ0v) is 8.87. The summed E-state index contributed by atoms with van der Waals surface area (Å²) < 4.78 is 4.90. The Bertz CT molecular complexity index is 207. The van der Waals surface area contributed by atoms with E-state index in [1.54, 1.807) is 0 Å². The molecular formula is C11H19NO2. The lowest BCUT2D eigenvalue weighted by Gasteiger charge is -2.37. The molecule has 80 valence electrons. The summed E-state index contributed by atoms with van der Waals surface area (Å²) in [7, 11) is 1.50. The van der Waals surface area contributed by atoms with Gasteiger partial charge in [0.25, 0.3) is 0 Å². The lowest BCUT2D eigenvalue weighted by atomic mass is 9.79. The molecular weight excluding hydrogens is 178 g/mol. The molecule has 1 aliphatic carbocycles. The third kappa shape index (κ3) is 1.78. The summed E-state index contributed by atoms with van der Waals surface area (Å²) in [6.45, 7) is 2.16. The maximum Gasteiger partial charge on any atom is 0.323 e. The van der Waals surface area contributed by atoms with Gasteiger partial charge in [0, 0.05) is 0 Å². The van der Waals surface area contributed by atoms with E-state index in [2.05, 4.69) is 4.90 Å². The van der Waals surface area contributed by atoms with E-state index in [0.29, 0.717) is 5.92 Å². The average molecular weight is 197 g/mol. The van der Waals surface area contributed by atoms with E-state index in [1.165, 1.54) is 39.2 Å². The van der Waals surface area contributed by atoms with E-state index in [0.717, 1.165) is 13.1 Å². The Morgan fingerprint density at radius 2 is 1.93 bits per heavy atom. The van der Waals surface area contributed by atoms with Gasteiger partial charge in [-0.25, -0.2) is 0 Å². The van der Waals surface area contributed by atoms with Gasteiger partial charge in [0.2, 0.25) is 0 Å². The summed E-state index contributed by atoms with van der Waals surface area (Å²) in [6, 6.07) is 0.0660. The van der Waals surface area contributed by atoms with Crippen molar-refractivity contribution in [2.24, 2.45) is 5.92 Å². The van der Waals surface area contributed by atoms with Gasteiger partial charge >= 0.3 is 5.97 Å². The number of rotatable bonds is 3. The lowest BCUT2D eigenvalue weighted by molar-refractivity contribution is -0.150. The highest BCUT2D eigenvalue weighted by Crippen LogP contribution is 2.34. The fourth-order valence-corrected chi connectivity index (χ4v) is 2.54. The van der Waals surface area contributed by atoms with Crippen molar-refractivity contribution in [3.05, 3.63) is 0 Å². The maximum absolute atomic E-state index is 11.7. The van der Waals surface area contributed by atoms with Gasteiger partial charge < -0.3 is 4.74 Å². The van der Waals surface area contributed by atoms with Crippen molar-refractivity contribution in [1.82, 2.24) is 4.90 Å². The molecule has 1 heterocycles. The summed E-state index contributed by atoms with van der Waals surface area (Å²) in [6.07, 6.45) is 6.17. The Hall–Kier alpha value is -0.570. The lowest BCUT2D eigenvalue weighted by Crippen LogP contribution is -2.47. The maximum atomic E-state index is 11.7. The van der Waals surface area contributed by atoms with Gasteiger partial charge in [-0.1, -0.05) is 6.42 Å². The molecule has 0 N–H and O–H groups in total. The van der Waals surface area contributed by atoms with Gasteiger partial charge in [0.15, 0.2) is 0 Å². The Balaban J connectivity index is 2.00. The van der Waals surface area contributed by atoms with Gasteiger partial charge in [0.05, 0.1) is 7.11 Å². The number of esters is 1. The second-order valence-corrected chi connectivity index (χ2v) is 4.40. The van der Waals surface area contributed by atoms with Crippen LogP contribution in [0.25, 0.3) is 0 Å². The predicted octanol–water partition coefficient (Wildman–Crippen LogP) is 1.42. The highest BCUT2D eigenvalue weighted by atomic mass is 16.5. The molecule has 0 aromatic heterocycles. The van der Waals surface area contributed by atoms with Crippen LogP contribution in [-0.2, 0) is 9.53 Å². The van der Waals surface area contributed by atoms with Crippen LogP contribution in [0.2, 0.25) is 0 Å². The second kappa shape index (κ2) is 4.30. The SMILES string of the molecule is COC(=O)C(C1CCC1)N1CCCC1. The third-order valence-electron chi connectivity index (χ3n) is 3.57. The average Bonchev–Trinajstić information content (AvgIpc) is 2.62. The number of carbonyl (C=O) groups is 1. The van der Waals surface area contributed by atoms with E-state index in [4.69, 9.17) is 4.74 Å². The predicted molar refractivity (Wildman–Crippen MR) is 54.0 cm³/mol. The molecule has 0 radical (unpaired) electrons. The number of hydrogen-bond acceptors (Lipinski definition) is 3. The quantitative estimate of drug-likeness (QED) is 0.641. The van der Waals surface area contributed by atoms with Crippen molar-refractivity contribution in [3.8, 4) is 0 Å². The van der Waals surface area contributed by atoms with E-state index < -0.39 is 0 Å². The highest BCUT2D eigenvalue weighted by molar-refractivity contribution is 5.76. The summed E-state index contributed by atoms with van der Waals surface area (Å²) in [4.78, 5) is 14.0. The topological polar surface area (TPSA) is 29.5 Å². The largest absolute Gasteiger partial charge is 0.468 e. The summed E-state index contributed by atoms with van der Waals surface area (Å²) in [5.41, 5.74) is 0. The van der Waals surface area contributed by atoms with Crippen molar-refractivity contribution in [3.63, 3.8) is 0 Å². The van der Waals surface area contributed by atoms with Crippen LogP contribution in [0.1, 0.15) is 32.1 Å². The molecule has 0 bridgehead atoms. The molecule has 3 heteroatoms. The minimum Gasteiger partial charge on any atom is -0.468 e. The van der Waals surface area contributed by atoms with Gasteiger partial charge in [-0.05, 0) is 44.7 Å². The van der Waals surface area contributed by atoms with Gasteiger partial charge in [-0.3, -0.25) is 9.69 Å². The van der Waals surface area contributed by atoms with Crippen molar-refractivity contribution in [2.75, 3.05) is 20.2 Å². The second-order valence-electron chi connectivity index (χ2n) is 4.40.